The molecule has 0 fully saturated rings. The molecule has 0 unspecified atom stereocenters. The molecule has 0 saturated carbocycles. The lowest BCUT2D eigenvalue weighted by atomic mass is 10.0. The summed E-state index contributed by atoms with van der Waals surface area (Å²) >= 11 is 0. The maximum absolute atomic E-state index is 11.5. The molecule has 17 heavy (non-hydrogen) atoms. The first-order valence-corrected chi connectivity index (χ1v) is 5.72. The largest absolute Gasteiger partial charge is 0.465 e. The van der Waals surface area contributed by atoms with Crippen molar-refractivity contribution < 1.29 is 9.53 Å². The van der Waals surface area contributed by atoms with Gasteiger partial charge in [-0.2, -0.15) is 0 Å². The van der Waals surface area contributed by atoms with Crippen molar-refractivity contribution in [3.8, 4) is 0 Å². The summed E-state index contributed by atoms with van der Waals surface area (Å²) in [6, 6.07) is 5.68. The second kappa shape index (κ2) is 4.24. The molecule has 0 amide bonds. The third-order valence-corrected chi connectivity index (χ3v) is 3.06. The van der Waals surface area contributed by atoms with Gasteiger partial charge in [-0.25, -0.2) is 4.79 Å². The number of benzene rings is 1. The normalized spacial score (nSPS) is 11.1. The first kappa shape index (κ1) is 11.7. The average Bonchev–Trinajstić information content (AvgIpc) is 2.65. The van der Waals surface area contributed by atoms with E-state index in [4.69, 9.17) is 4.74 Å². The second-order valence-electron chi connectivity index (χ2n) is 4.57. The lowest BCUT2D eigenvalue weighted by molar-refractivity contribution is 0.0601. The summed E-state index contributed by atoms with van der Waals surface area (Å²) < 4.78 is 6.84. The van der Waals surface area contributed by atoms with Crippen molar-refractivity contribution >= 4 is 16.9 Å². The Hall–Kier alpha value is -1.77. The summed E-state index contributed by atoms with van der Waals surface area (Å²) in [5.74, 6) is 0.150. The number of carbonyl (C=O) groups is 1. The number of aromatic nitrogens is 1. The number of aryl methyl sites for hydroxylation is 1. The molecule has 1 heterocycles. The van der Waals surface area contributed by atoms with Crippen molar-refractivity contribution in [2.45, 2.75) is 19.8 Å². The van der Waals surface area contributed by atoms with Crippen LogP contribution in [0.25, 0.3) is 10.9 Å². The number of carbonyl (C=O) groups excluding carboxylic acids is 1. The van der Waals surface area contributed by atoms with Gasteiger partial charge in [-0.1, -0.05) is 13.8 Å². The Bertz CT molecular complexity index is 567. The smallest absolute Gasteiger partial charge is 0.337 e. The van der Waals surface area contributed by atoms with E-state index in [1.165, 1.54) is 12.7 Å². The molecule has 2 aromatic rings. The Morgan fingerprint density at radius 3 is 2.65 bits per heavy atom. The second-order valence-corrected chi connectivity index (χ2v) is 4.57. The summed E-state index contributed by atoms with van der Waals surface area (Å²) in [7, 11) is 3.42. The third kappa shape index (κ3) is 1.93. The molecule has 0 N–H and O–H groups in total. The minimum atomic E-state index is -0.287. The fourth-order valence-electron chi connectivity index (χ4n) is 2.13. The molecule has 1 aromatic carbocycles. The quantitative estimate of drug-likeness (QED) is 0.744. The first-order valence-electron chi connectivity index (χ1n) is 5.72. The predicted octanol–water partition coefficient (Wildman–Crippen LogP) is 3.09. The van der Waals surface area contributed by atoms with Gasteiger partial charge in [-0.15, -0.1) is 0 Å². The van der Waals surface area contributed by atoms with E-state index in [1.54, 1.807) is 6.07 Å². The van der Waals surface area contributed by atoms with E-state index in [0.717, 1.165) is 10.9 Å². The van der Waals surface area contributed by atoms with E-state index in [0.29, 0.717) is 11.5 Å². The Morgan fingerprint density at radius 2 is 2.06 bits per heavy atom. The summed E-state index contributed by atoms with van der Waals surface area (Å²) in [5.41, 5.74) is 3.00. The van der Waals surface area contributed by atoms with Gasteiger partial charge in [0.1, 0.15) is 0 Å². The molecule has 0 aliphatic rings. The van der Waals surface area contributed by atoms with Crippen LogP contribution >= 0.6 is 0 Å². The zero-order chi connectivity index (χ0) is 12.6. The molecule has 3 heteroatoms. The number of methoxy groups -OCH3 is 1. The van der Waals surface area contributed by atoms with E-state index >= 15 is 0 Å². The van der Waals surface area contributed by atoms with E-state index in [1.807, 2.05) is 19.2 Å². The van der Waals surface area contributed by atoms with Gasteiger partial charge in [0.2, 0.25) is 0 Å². The van der Waals surface area contributed by atoms with Crippen LogP contribution in [-0.2, 0) is 11.8 Å². The molecular weight excluding hydrogens is 214 g/mol. The molecule has 0 atom stereocenters. The Kier molecular flexibility index (Phi) is 2.92. The van der Waals surface area contributed by atoms with Crippen LogP contribution in [0.15, 0.2) is 24.4 Å². The SMILES string of the molecule is COC(=O)c1ccc2c(c1)c(C(C)C)cn2C. The Labute approximate surface area is 101 Å². The number of hydrogen-bond donors (Lipinski definition) is 0. The molecular formula is C14H17NO2. The van der Waals surface area contributed by atoms with Crippen LogP contribution in [0.3, 0.4) is 0 Å². The third-order valence-electron chi connectivity index (χ3n) is 3.06. The molecule has 0 aliphatic heterocycles. The van der Waals surface area contributed by atoms with Crippen LogP contribution in [0.2, 0.25) is 0 Å². The summed E-state index contributed by atoms with van der Waals surface area (Å²) in [6.45, 7) is 4.30. The van der Waals surface area contributed by atoms with Crippen molar-refractivity contribution in [3.05, 3.63) is 35.5 Å². The van der Waals surface area contributed by atoms with Crippen molar-refractivity contribution in [1.82, 2.24) is 4.57 Å². The maximum atomic E-state index is 11.5. The zero-order valence-corrected chi connectivity index (χ0v) is 10.7. The number of fused-ring (bicyclic) bond motifs is 1. The van der Waals surface area contributed by atoms with Crippen LogP contribution in [0.5, 0.6) is 0 Å². The summed E-state index contributed by atoms with van der Waals surface area (Å²) in [4.78, 5) is 11.5. The lowest BCUT2D eigenvalue weighted by Crippen LogP contribution is -2.00. The van der Waals surface area contributed by atoms with Gasteiger partial charge in [-0.3, -0.25) is 0 Å². The molecule has 0 radical (unpaired) electrons. The summed E-state index contributed by atoms with van der Waals surface area (Å²) in [6.07, 6.45) is 2.12. The number of esters is 1. The number of nitrogens with zero attached hydrogens (tertiary/aromatic N) is 1. The predicted molar refractivity (Wildman–Crippen MR) is 68.3 cm³/mol. The fraction of sp³-hybridized carbons (Fsp3) is 0.357. The fourth-order valence-corrected chi connectivity index (χ4v) is 2.13. The number of ether oxygens (including phenoxy) is 1. The Balaban J connectivity index is 2.66. The van der Waals surface area contributed by atoms with E-state index < -0.39 is 0 Å². The minimum Gasteiger partial charge on any atom is -0.465 e. The highest BCUT2D eigenvalue weighted by atomic mass is 16.5. The van der Waals surface area contributed by atoms with Crippen molar-refractivity contribution in [2.75, 3.05) is 7.11 Å². The topological polar surface area (TPSA) is 31.2 Å². The highest BCUT2D eigenvalue weighted by molar-refractivity contribution is 5.96. The van der Waals surface area contributed by atoms with Crippen LogP contribution in [0, 0.1) is 0 Å². The highest BCUT2D eigenvalue weighted by Crippen LogP contribution is 2.27. The molecule has 0 aliphatic carbocycles. The molecule has 1 aromatic heterocycles. The molecule has 0 bridgehead atoms. The molecule has 3 nitrogen and oxygen atoms in total. The lowest BCUT2D eigenvalue weighted by Gasteiger charge is -2.04. The summed E-state index contributed by atoms with van der Waals surface area (Å²) in [5, 5.41) is 1.13. The van der Waals surface area contributed by atoms with E-state index in [-0.39, 0.29) is 5.97 Å². The van der Waals surface area contributed by atoms with Gasteiger partial charge in [0.05, 0.1) is 12.7 Å². The van der Waals surface area contributed by atoms with E-state index in [2.05, 4.69) is 24.6 Å². The van der Waals surface area contributed by atoms with Gasteiger partial charge in [0.15, 0.2) is 0 Å². The average molecular weight is 231 g/mol. The molecule has 0 spiro atoms. The highest BCUT2D eigenvalue weighted by Gasteiger charge is 2.13. The van der Waals surface area contributed by atoms with Crippen molar-refractivity contribution in [1.29, 1.82) is 0 Å². The Morgan fingerprint density at radius 1 is 1.35 bits per heavy atom. The van der Waals surface area contributed by atoms with E-state index in [9.17, 15) is 4.79 Å². The van der Waals surface area contributed by atoms with Crippen LogP contribution in [0.1, 0.15) is 35.7 Å². The van der Waals surface area contributed by atoms with Gasteiger partial charge in [0.25, 0.3) is 0 Å². The number of hydrogen-bond acceptors (Lipinski definition) is 2. The standard InChI is InChI=1S/C14H17NO2/c1-9(2)12-8-15(3)13-6-5-10(7-11(12)13)14(16)17-4/h5-9H,1-4H3. The molecule has 2 rings (SSSR count). The van der Waals surface area contributed by atoms with Gasteiger partial charge < -0.3 is 9.30 Å². The zero-order valence-electron chi connectivity index (χ0n) is 10.7. The van der Waals surface area contributed by atoms with Crippen molar-refractivity contribution in [3.63, 3.8) is 0 Å². The van der Waals surface area contributed by atoms with Gasteiger partial charge in [0, 0.05) is 24.1 Å². The maximum Gasteiger partial charge on any atom is 0.337 e. The first-order chi connectivity index (χ1) is 8.04. The van der Waals surface area contributed by atoms with Gasteiger partial charge >= 0.3 is 5.97 Å². The van der Waals surface area contributed by atoms with Crippen molar-refractivity contribution in [2.24, 2.45) is 7.05 Å². The van der Waals surface area contributed by atoms with Crippen LogP contribution in [0.4, 0.5) is 0 Å². The number of rotatable bonds is 2. The molecule has 90 valence electrons. The van der Waals surface area contributed by atoms with Crippen LogP contribution in [-0.4, -0.2) is 17.6 Å². The van der Waals surface area contributed by atoms with Gasteiger partial charge in [-0.05, 0) is 29.7 Å². The monoisotopic (exact) mass is 231 g/mol. The minimum absolute atomic E-state index is 0.287. The molecule has 0 saturated heterocycles. The van der Waals surface area contributed by atoms with Crippen LogP contribution < -0.4 is 0 Å².